The van der Waals surface area contributed by atoms with Crippen molar-refractivity contribution in [3.63, 3.8) is 0 Å². The molecule has 0 fully saturated rings. The Labute approximate surface area is 165 Å². The summed E-state index contributed by atoms with van der Waals surface area (Å²) in [6.07, 6.45) is 2.31. The molecule has 0 aliphatic rings. The van der Waals surface area contributed by atoms with Gasteiger partial charge in [0.2, 0.25) is 0 Å². The van der Waals surface area contributed by atoms with Crippen molar-refractivity contribution in [2.45, 2.75) is 19.6 Å². The highest BCUT2D eigenvalue weighted by Crippen LogP contribution is 2.28. The largest absolute Gasteiger partial charge is 0.479 e. The number of ether oxygens (including phenoxy) is 1. The lowest BCUT2D eigenvalue weighted by atomic mass is 10.2. The number of anilines is 1. The van der Waals surface area contributed by atoms with Gasteiger partial charge in [0.15, 0.2) is 6.10 Å². The van der Waals surface area contributed by atoms with Crippen molar-refractivity contribution in [1.29, 1.82) is 0 Å². The molecule has 3 aromatic rings. The third-order valence-electron chi connectivity index (χ3n) is 3.76. The lowest BCUT2D eigenvalue weighted by Gasteiger charge is -2.15. The Kier molecular flexibility index (Phi) is 5.98. The average Bonchev–Trinajstić information content (AvgIpc) is 3.06. The first kappa shape index (κ1) is 19.2. The van der Waals surface area contributed by atoms with Gasteiger partial charge in [-0.1, -0.05) is 41.4 Å². The van der Waals surface area contributed by atoms with Crippen molar-refractivity contribution >= 4 is 34.8 Å². The molecule has 3 rings (SSSR count). The van der Waals surface area contributed by atoms with E-state index in [1.54, 1.807) is 43.5 Å². The Morgan fingerprint density at radius 1 is 1.30 bits per heavy atom. The van der Waals surface area contributed by atoms with Crippen LogP contribution >= 0.6 is 23.2 Å². The van der Waals surface area contributed by atoms with Crippen LogP contribution in [0.3, 0.4) is 0 Å². The molecule has 1 amide bonds. The fraction of sp³-hybridized carbons (Fsp3) is 0.158. The summed E-state index contributed by atoms with van der Waals surface area (Å²) in [5.41, 5.74) is 0.988. The van der Waals surface area contributed by atoms with E-state index in [1.165, 1.54) is 23.0 Å². The number of benzene rings is 2. The number of hydrogen-bond donors (Lipinski definition) is 1. The first-order valence-electron chi connectivity index (χ1n) is 8.11. The number of carbonyl (C=O) groups is 1. The predicted molar refractivity (Wildman–Crippen MR) is 103 cm³/mol. The van der Waals surface area contributed by atoms with Gasteiger partial charge in [-0.25, -0.2) is 4.39 Å². The van der Waals surface area contributed by atoms with E-state index in [2.05, 4.69) is 10.4 Å². The van der Waals surface area contributed by atoms with Crippen molar-refractivity contribution in [3.05, 3.63) is 76.3 Å². The smallest absolute Gasteiger partial charge is 0.265 e. The fourth-order valence-corrected chi connectivity index (χ4v) is 2.83. The minimum Gasteiger partial charge on any atom is -0.479 e. The van der Waals surface area contributed by atoms with Crippen molar-refractivity contribution in [2.24, 2.45) is 0 Å². The van der Waals surface area contributed by atoms with Gasteiger partial charge in [-0.05, 0) is 31.2 Å². The van der Waals surface area contributed by atoms with Crippen LogP contribution in [-0.4, -0.2) is 21.8 Å². The van der Waals surface area contributed by atoms with Gasteiger partial charge in [-0.15, -0.1) is 0 Å². The second-order valence-corrected chi connectivity index (χ2v) is 6.69. The van der Waals surface area contributed by atoms with Crippen LogP contribution in [-0.2, 0) is 11.3 Å². The maximum Gasteiger partial charge on any atom is 0.265 e. The molecule has 0 aliphatic heterocycles. The first-order chi connectivity index (χ1) is 12.9. The molecule has 0 bridgehead atoms. The second-order valence-electron chi connectivity index (χ2n) is 5.84. The van der Waals surface area contributed by atoms with Crippen molar-refractivity contribution in [1.82, 2.24) is 9.78 Å². The van der Waals surface area contributed by atoms with Crippen LogP contribution in [0.25, 0.3) is 0 Å². The summed E-state index contributed by atoms with van der Waals surface area (Å²) in [7, 11) is 0. The molecule has 0 saturated heterocycles. The molecule has 1 aromatic heterocycles. The van der Waals surface area contributed by atoms with Crippen LogP contribution in [0.1, 0.15) is 12.5 Å². The van der Waals surface area contributed by atoms with Gasteiger partial charge in [-0.2, -0.15) is 5.10 Å². The number of nitrogens with one attached hydrogen (secondary N) is 1. The van der Waals surface area contributed by atoms with Gasteiger partial charge in [-0.3, -0.25) is 9.48 Å². The highest BCUT2D eigenvalue weighted by molar-refractivity contribution is 6.35. The van der Waals surface area contributed by atoms with Crippen LogP contribution in [0.4, 0.5) is 10.1 Å². The van der Waals surface area contributed by atoms with Crippen LogP contribution in [0.15, 0.2) is 54.9 Å². The molecule has 1 heterocycles. The maximum absolute atomic E-state index is 13.7. The second kappa shape index (κ2) is 8.41. The number of nitrogens with zero attached hydrogens (tertiary/aromatic N) is 2. The quantitative estimate of drug-likeness (QED) is 0.639. The molecule has 27 heavy (non-hydrogen) atoms. The molecule has 2 aromatic carbocycles. The molecule has 8 heteroatoms. The van der Waals surface area contributed by atoms with E-state index in [1.807, 2.05) is 0 Å². The third-order valence-corrected chi connectivity index (χ3v) is 4.29. The van der Waals surface area contributed by atoms with Gasteiger partial charge in [0.1, 0.15) is 11.6 Å². The van der Waals surface area contributed by atoms with Crippen LogP contribution in [0.2, 0.25) is 10.0 Å². The van der Waals surface area contributed by atoms with E-state index in [9.17, 15) is 9.18 Å². The van der Waals surface area contributed by atoms with Gasteiger partial charge >= 0.3 is 0 Å². The van der Waals surface area contributed by atoms with E-state index in [0.717, 1.165) is 0 Å². The molecular formula is C19H16Cl2FN3O2. The first-order valence-corrected chi connectivity index (χ1v) is 8.86. The van der Waals surface area contributed by atoms with E-state index < -0.39 is 6.10 Å². The SMILES string of the molecule is CC(Oc1ccc(Cl)cc1Cl)C(=O)Nc1cnn(Cc2ccccc2F)c1. The third kappa shape index (κ3) is 4.99. The summed E-state index contributed by atoms with van der Waals surface area (Å²) >= 11 is 11.9. The molecule has 0 spiro atoms. The molecule has 0 radical (unpaired) electrons. The Morgan fingerprint density at radius 3 is 2.81 bits per heavy atom. The topological polar surface area (TPSA) is 56.1 Å². The summed E-state index contributed by atoms with van der Waals surface area (Å²) in [5, 5.41) is 7.63. The lowest BCUT2D eigenvalue weighted by Crippen LogP contribution is -2.30. The van der Waals surface area contributed by atoms with E-state index in [-0.39, 0.29) is 18.3 Å². The predicted octanol–water partition coefficient (Wildman–Crippen LogP) is 4.78. The van der Waals surface area contributed by atoms with Crippen molar-refractivity contribution in [2.75, 3.05) is 5.32 Å². The van der Waals surface area contributed by atoms with Gasteiger partial charge in [0.05, 0.1) is 23.5 Å². The zero-order valence-electron chi connectivity index (χ0n) is 14.3. The maximum atomic E-state index is 13.7. The van der Waals surface area contributed by atoms with Crippen LogP contribution in [0.5, 0.6) is 5.75 Å². The number of rotatable bonds is 6. The standard InChI is InChI=1S/C19H16Cl2FN3O2/c1-12(27-18-7-6-14(20)8-16(18)21)19(26)24-15-9-23-25(11-15)10-13-4-2-3-5-17(13)22/h2-9,11-12H,10H2,1H3,(H,24,26). The summed E-state index contributed by atoms with van der Waals surface area (Å²) in [4.78, 5) is 12.3. The van der Waals surface area contributed by atoms with Gasteiger partial charge in [0.25, 0.3) is 5.91 Å². The molecule has 1 atom stereocenters. The van der Waals surface area contributed by atoms with Crippen LogP contribution < -0.4 is 10.1 Å². The molecular weight excluding hydrogens is 392 g/mol. The Morgan fingerprint density at radius 2 is 2.07 bits per heavy atom. The minimum atomic E-state index is -0.793. The zero-order chi connectivity index (χ0) is 19.4. The molecule has 1 N–H and O–H groups in total. The molecule has 5 nitrogen and oxygen atoms in total. The zero-order valence-corrected chi connectivity index (χ0v) is 15.8. The average molecular weight is 408 g/mol. The number of aromatic nitrogens is 2. The van der Waals surface area contributed by atoms with Crippen molar-refractivity contribution < 1.29 is 13.9 Å². The minimum absolute atomic E-state index is 0.259. The highest BCUT2D eigenvalue weighted by atomic mass is 35.5. The summed E-state index contributed by atoms with van der Waals surface area (Å²) in [5.74, 6) is -0.314. The molecule has 140 valence electrons. The van der Waals surface area contributed by atoms with Crippen LogP contribution in [0, 0.1) is 5.82 Å². The Hall–Kier alpha value is -2.57. The Balaban J connectivity index is 1.61. The fourth-order valence-electron chi connectivity index (χ4n) is 2.37. The summed E-state index contributed by atoms with van der Waals surface area (Å²) in [6.45, 7) is 1.86. The van der Waals surface area contributed by atoms with E-state index >= 15 is 0 Å². The van der Waals surface area contributed by atoms with Gasteiger partial charge < -0.3 is 10.1 Å². The number of hydrogen-bond acceptors (Lipinski definition) is 3. The summed E-state index contributed by atoms with van der Waals surface area (Å²) in [6, 6.07) is 11.2. The van der Waals surface area contributed by atoms with Gasteiger partial charge in [0, 0.05) is 16.8 Å². The Bertz CT molecular complexity index is 962. The normalized spacial score (nSPS) is 11.9. The van der Waals surface area contributed by atoms with E-state index in [0.29, 0.717) is 27.0 Å². The van der Waals surface area contributed by atoms with Crippen molar-refractivity contribution in [3.8, 4) is 5.75 Å². The van der Waals surface area contributed by atoms with E-state index in [4.69, 9.17) is 27.9 Å². The highest BCUT2D eigenvalue weighted by Gasteiger charge is 2.17. The number of halogens is 3. The molecule has 1 unspecified atom stereocenters. The number of carbonyl (C=O) groups excluding carboxylic acids is 1. The molecule has 0 aliphatic carbocycles. The monoisotopic (exact) mass is 407 g/mol. The molecule has 0 saturated carbocycles. The number of amides is 1. The lowest BCUT2D eigenvalue weighted by molar-refractivity contribution is -0.122. The summed E-state index contributed by atoms with van der Waals surface area (Å²) < 4.78 is 20.8.